The lowest BCUT2D eigenvalue weighted by molar-refractivity contribution is -0.313. The van der Waals surface area contributed by atoms with E-state index in [9.17, 15) is 35.1 Å². The van der Waals surface area contributed by atoms with Gasteiger partial charge >= 0.3 is 0 Å². The van der Waals surface area contributed by atoms with E-state index in [2.05, 4.69) is 6.92 Å². The van der Waals surface area contributed by atoms with Crippen molar-refractivity contribution in [1.29, 1.82) is 0 Å². The molecule has 1 saturated heterocycles. The molecular weight excluding hydrogens is 468 g/mol. The molecule has 1 heterocycles. The Balaban J connectivity index is 1.37. The molecule has 3 saturated carbocycles. The van der Waals surface area contributed by atoms with Gasteiger partial charge in [-0.1, -0.05) is 19.4 Å². The Bertz CT molecular complexity index is 948. The largest absolute Gasteiger partial charge is 0.394 e. The molecule has 0 amide bonds. The highest BCUT2D eigenvalue weighted by Crippen LogP contribution is 2.67. The molecule has 0 unspecified atom stereocenters. The number of aliphatic hydroxyl groups excluding tert-OH is 4. The van der Waals surface area contributed by atoms with Crippen molar-refractivity contribution in [1.82, 2.24) is 0 Å². The minimum Gasteiger partial charge on any atom is -0.394 e. The maximum atomic E-state index is 13.6. The average Bonchev–Trinajstić information content (AvgIpc) is 3.11. The molecule has 5 aliphatic rings. The molecule has 9 heteroatoms. The molecule has 0 radical (unpaired) electrons. The van der Waals surface area contributed by atoms with Crippen molar-refractivity contribution in [2.45, 2.75) is 108 Å². The normalized spacial score (nSPS) is 52.7. The Hall–Kier alpha value is -1.20. The summed E-state index contributed by atoms with van der Waals surface area (Å²) in [5.41, 5.74) is -1.12. The zero-order chi connectivity index (χ0) is 26.2. The fourth-order valence-corrected chi connectivity index (χ4v) is 8.49. The number of carbonyl (C=O) groups excluding carboxylic acids is 2. The van der Waals surface area contributed by atoms with Gasteiger partial charge < -0.3 is 35.0 Å². The highest BCUT2D eigenvalue weighted by molar-refractivity contribution is 5.95. The van der Waals surface area contributed by atoms with Crippen molar-refractivity contribution < 1.29 is 44.6 Å². The maximum absolute atomic E-state index is 13.6. The van der Waals surface area contributed by atoms with Crippen LogP contribution in [0.4, 0.5) is 0 Å². The third-order valence-electron chi connectivity index (χ3n) is 10.7. The van der Waals surface area contributed by atoms with Gasteiger partial charge in [-0.25, -0.2) is 0 Å². The molecule has 0 bridgehead atoms. The van der Waals surface area contributed by atoms with Gasteiger partial charge in [0.15, 0.2) is 12.1 Å². The van der Waals surface area contributed by atoms with Crippen molar-refractivity contribution >= 4 is 11.6 Å². The molecule has 12 atom stereocenters. The van der Waals surface area contributed by atoms with Crippen LogP contribution in [0, 0.1) is 28.6 Å². The Morgan fingerprint density at radius 1 is 1.08 bits per heavy atom. The van der Waals surface area contributed by atoms with Crippen LogP contribution in [0.25, 0.3) is 0 Å². The summed E-state index contributed by atoms with van der Waals surface area (Å²) >= 11 is 0. The number of fused-ring (bicyclic) bond motifs is 5. The van der Waals surface area contributed by atoms with Crippen LogP contribution >= 0.6 is 0 Å². The molecule has 0 aromatic carbocycles. The van der Waals surface area contributed by atoms with E-state index in [1.54, 1.807) is 13.0 Å². The predicted molar refractivity (Wildman–Crippen MR) is 126 cm³/mol. The summed E-state index contributed by atoms with van der Waals surface area (Å²) in [5, 5.41) is 51.9. The lowest BCUT2D eigenvalue weighted by Crippen LogP contribution is -2.63. The molecule has 0 aromatic heterocycles. The number of allylic oxidation sites excluding steroid dienone is 1. The lowest BCUT2D eigenvalue weighted by Gasteiger charge is -2.60. The second kappa shape index (κ2) is 8.93. The zero-order valence-electron chi connectivity index (χ0n) is 21.3. The van der Waals surface area contributed by atoms with Gasteiger partial charge in [-0.2, -0.15) is 0 Å². The molecule has 4 aliphatic carbocycles. The quantitative estimate of drug-likeness (QED) is 0.368. The highest BCUT2D eigenvalue weighted by atomic mass is 16.7. The summed E-state index contributed by atoms with van der Waals surface area (Å²) in [4.78, 5) is 26.0. The number of ketones is 2. The summed E-state index contributed by atoms with van der Waals surface area (Å²) < 4.78 is 11.5. The van der Waals surface area contributed by atoms with Crippen LogP contribution in [0.1, 0.15) is 65.7 Å². The third kappa shape index (κ3) is 3.61. The molecular formula is C27H40O9. The summed E-state index contributed by atoms with van der Waals surface area (Å²) in [6.45, 7) is 5.22. The summed E-state index contributed by atoms with van der Waals surface area (Å²) in [6.07, 6.45) is -1.02. The maximum Gasteiger partial charge on any atom is 0.186 e. The van der Waals surface area contributed by atoms with Crippen molar-refractivity contribution in [2.75, 3.05) is 6.61 Å². The van der Waals surface area contributed by atoms with Crippen molar-refractivity contribution in [3.63, 3.8) is 0 Å². The molecule has 1 aliphatic heterocycles. The molecule has 9 nitrogen and oxygen atoms in total. The van der Waals surface area contributed by atoms with Gasteiger partial charge in [0.25, 0.3) is 0 Å². The van der Waals surface area contributed by atoms with E-state index >= 15 is 0 Å². The second-order valence-corrected chi connectivity index (χ2v) is 12.4. The molecule has 4 fully saturated rings. The van der Waals surface area contributed by atoms with Crippen LogP contribution in [0.3, 0.4) is 0 Å². The first-order chi connectivity index (χ1) is 16.9. The predicted octanol–water partition coefficient (Wildman–Crippen LogP) is 0.633. The smallest absolute Gasteiger partial charge is 0.186 e. The van der Waals surface area contributed by atoms with E-state index in [0.29, 0.717) is 32.1 Å². The Labute approximate surface area is 211 Å². The van der Waals surface area contributed by atoms with Crippen LogP contribution in [0.5, 0.6) is 0 Å². The minimum atomic E-state index is -1.51. The monoisotopic (exact) mass is 508 g/mol. The number of carbonyl (C=O) groups is 2. The van der Waals surface area contributed by atoms with E-state index in [1.165, 1.54) is 0 Å². The van der Waals surface area contributed by atoms with Gasteiger partial charge in [-0.15, -0.1) is 0 Å². The number of ether oxygens (including phenoxy) is 2. The molecule has 36 heavy (non-hydrogen) atoms. The summed E-state index contributed by atoms with van der Waals surface area (Å²) in [6, 6.07) is 0. The topological polar surface area (TPSA) is 154 Å². The fourth-order valence-electron chi connectivity index (χ4n) is 8.49. The Morgan fingerprint density at radius 3 is 2.47 bits per heavy atom. The number of hydrogen-bond donors (Lipinski definition) is 5. The summed E-state index contributed by atoms with van der Waals surface area (Å²) in [7, 11) is 0. The van der Waals surface area contributed by atoms with E-state index < -0.39 is 54.2 Å². The van der Waals surface area contributed by atoms with Crippen molar-refractivity contribution in [2.24, 2.45) is 28.6 Å². The Kier molecular flexibility index (Phi) is 6.55. The SMILES string of the molecule is CC(=O)[C@H]1CC[C@]2(O)[C@@H]3C(=O)C=C4C[C@@H](O[C@@H]5O[C@H](CO)[C@@H](O)[C@H](O)[C@H]5O)CC[C@]4(C)[C@H]3CC[C@]12C. The molecule has 5 rings (SSSR count). The van der Waals surface area contributed by atoms with Gasteiger partial charge in [-0.3, -0.25) is 9.59 Å². The molecule has 0 aromatic rings. The first-order valence-corrected chi connectivity index (χ1v) is 13.3. The van der Waals surface area contributed by atoms with Gasteiger partial charge in [0.2, 0.25) is 0 Å². The Morgan fingerprint density at radius 2 is 1.81 bits per heavy atom. The van der Waals surface area contributed by atoms with Gasteiger partial charge in [-0.05, 0) is 69.3 Å². The number of rotatable bonds is 4. The van der Waals surface area contributed by atoms with Gasteiger partial charge in [0.1, 0.15) is 30.2 Å². The van der Waals surface area contributed by atoms with Crippen LogP contribution in [0.15, 0.2) is 11.6 Å². The van der Waals surface area contributed by atoms with E-state index in [0.717, 1.165) is 18.4 Å². The third-order valence-corrected chi connectivity index (χ3v) is 10.7. The van der Waals surface area contributed by atoms with E-state index in [1.807, 2.05) is 6.92 Å². The standard InChI is InChI=1S/C27H40O9/c1-13(29)16-6-9-27(34)20-17(5-8-26(16,27)3)25(2)7-4-15(10-14(25)11-18(20)30)35-24-23(33)22(32)21(31)19(12-28)36-24/h11,15-17,19-24,28,31-34H,4-10,12H2,1-3H3/t15-,16+,17-,19+,20-,21+,22-,23+,24+,25-,26+,27-/m0/s1. The van der Waals surface area contributed by atoms with E-state index in [-0.39, 0.29) is 34.9 Å². The number of aliphatic hydroxyl groups is 5. The summed E-state index contributed by atoms with van der Waals surface area (Å²) in [5.74, 6) is -0.779. The molecule has 5 N–H and O–H groups in total. The van der Waals surface area contributed by atoms with Crippen molar-refractivity contribution in [3.8, 4) is 0 Å². The van der Waals surface area contributed by atoms with Crippen LogP contribution in [-0.4, -0.2) is 86.1 Å². The minimum absolute atomic E-state index is 0.0259. The van der Waals surface area contributed by atoms with Crippen molar-refractivity contribution in [3.05, 3.63) is 11.6 Å². The first kappa shape index (κ1) is 26.4. The number of Topliss-reactive ketones (excluding diaryl/α,β-unsaturated/α-hetero) is 1. The van der Waals surface area contributed by atoms with Crippen LogP contribution in [0.2, 0.25) is 0 Å². The fraction of sp³-hybridized carbons (Fsp3) is 0.852. The van der Waals surface area contributed by atoms with Gasteiger partial charge in [0, 0.05) is 11.3 Å². The highest BCUT2D eigenvalue weighted by Gasteiger charge is 2.69. The van der Waals surface area contributed by atoms with Gasteiger partial charge in [0.05, 0.1) is 24.2 Å². The second-order valence-electron chi connectivity index (χ2n) is 12.4. The lowest BCUT2D eigenvalue weighted by atomic mass is 9.45. The van der Waals surface area contributed by atoms with Crippen LogP contribution < -0.4 is 0 Å². The zero-order valence-corrected chi connectivity index (χ0v) is 21.3. The van der Waals surface area contributed by atoms with Crippen LogP contribution in [-0.2, 0) is 19.1 Å². The molecule has 202 valence electrons. The average molecular weight is 509 g/mol. The number of hydrogen-bond acceptors (Lipinski definition) is 9. The first-order valence-electron chi connectivity index (χ1n) is 13.3. The van der Waals surface area contributed by atoms with E-state index in [4.69, 9.17) is 9.47 Å². The molecule has 0 spiro atoms.